The molecule has 0 saturated heterocycles. The van der Waals surface area contributed by atoms with Crippen LogP contribution in [-0.4, -0.2) is 6.04 Å². The fraction of sp³-hybridized carbons (Fsp3) is 0.500. The Morgan fingerprint density at radius 3 is 2.44 bits per heavy atom. The second-order valence-corrected chi connectivity index (χ2v) is 3.85. The zero-order valence-electron chi connectivity index (χ0n) is 9.43. The van der Waals surface area contributed by atoms with Crippen molar-refractivity contribution in [1.29, 1.82) is 0 Å². The Hall–Kier alpha value is -1.03. The first-order valence-electron chi connectivity index (χ1n) is 5.33. The molecule has 1 N–H and O–H groups in total. The van der Waals surface area contributed by atoms with Crippen LogP contribution in [0, 0.1) is 0 Å². The van der Waals surface area contributed by atoms with E-state index in [1.165, 1.54) is 12.1 Å². The van der Waals surface area contributed by atoms with Crippen LogP contribution in [0.5, 0.6) is 0 Å². The maximum absolute atomic E-state index is 12.6. The lowest BCUT2D eigenvalue weighted by molar-refractivity contribution is -0.138. The summed E-state index contributed by atoms with van der Waals surface area (Å²) >= 11 is 0. The van der Waals surface area contributed by atoms with Crippen molar-refractivity contribution in [3.63, 3.8) is 0 Å². The summed E-state index contributed by atoms with van der Waals surface area (Å²) in [6.45, 7) is 4.20. The smallest absolute Gasteiger partial charge is 0.310 e. The first-order valence-corrected chi connectivity index (χ1v) is 5.33. The fourth-order valence-electron chi connectivity index (χ4n) is 1.38. The molecule has 0 aromatic heterocycles. The molecule has 0 aliphatic heterocycles. The molecule has 16 heavy (non-hydrogen) atoms. The molecule has 0 unspecified atom stereocenters. The molecule has 4 heteroatoms. The van der Waals surface area contributed by atoms with E-state index in [1.807, 2.05) is 13.8 Å². The van der Waals surface area contributed by atoms with Gasteiger partial charge in [0.15, 0.2) is 0 Å². The molecule has 0 radical (unpaired) electrons. The van der Waals surface area contributed by atoms with Crippen LogP contribution in [0.1, 0.15) is 31.4 Å². The monoisotopic (exact) mass is 231 g/mol. The normalized spacial score (nSPS) is 13.8. The Balaban J connectivity index is 2.80. The van der Waals surface area contributed by atoms with Gasteiger partial charge in [0.2, 0.25) is 0 Å². The van der Waals surface area contributed by atoms with Gasteiger partial charge in [-0.3, -0.25) is 0 Å². The van der Waals surface area contributed by atoms with Crippen LogP contribution in [0.2, 0.25) is 0 Å². The minimum absolute atomic E-state index is 0.223. The highest BCUT2D eigenvalue weighted by Gasteiger charge is 2.32. The molecule has 0 spiro atoms. The lowest BCUT2D eigenvalue weighted by Gasteiger charge is -2.15. The molecule has 1 aromatic carbocycles. The Morgan fingerprint density at radius 2 is 1.88 bits per heavy atom. The quantitative estimate of drug-likeness (QED) is 0.835. The SMILES string of the molecule is CC[C@@H](C)NCc1ccccc1C(F)(F)F. The number of nitrogens with one attached hydrogen (secondary N) is 1. The van der Waals surface area contributed by atoms with Crippen LogP contribution in [0.25, 0.3) is 0 Å². The Labute approximate surface area is 93.7 Å². The highest BCUT2D eigenvalue weighted by molar-refractivity contribution is 5.29. The maximum atomic E-state index is 12.6. The molecule has 0 saturated carbocycles. The fourth-order valence-corrected chi connectivity index (χ4v) is 1.38. The van der Waals surface area contributed by atoms with E-state index < -0.39 is 11.7 Å². The second-order valence-electron chi connectivity index (χ2n) is 3.85. The predicted molar refractivity (Wildman–Crippen MR) is 58.0 cm³/mol. The van der Waals surface area contributed by atoms with Gasteiger partial charge in [0.05, 0.1) is 5.56 Å². The number of rotatable bonds is 4. The Bertz CT molecular complexity index is 333. The highest BCUT2D eigenvalue weighted by Crippen LogP contribution is 2.31. The van der Waals surface area contributed by atoms with Crippen molar-refractivity contribution >= 4 is 0 Å². The second kappa shape index (κ2) is 5.34. The van der Waals surface area contributed by atoms with Gasteiger partial charge in [-0.05, 0) is 25.0 Å². The number of hydrogen-bond donors (Lipinski definition) is 1. The van der Waals surface area contributed by atoms with Gasteiger partial charge in [0.25, 0.3) is 0 Å². The van der Waals surface area contributed by atoms with Crippen LogP contribution in [-0.2, 0) is 12.7 Å². The first kappa shape index (κ1) is 13.0. The third-order valence-electron chi connectivity index (χ3n) is 2.58. The van der Waals surface area contributed by atoms with Gasteiger partial charge < -0.3 is 5.32 Å². The summed E-state index contributed by atoms with van der Waals surface area (Å²) in [6, 6.07) is 5.89. The Morgan fingerprint density at radius 1 is 1.25 bits per heavy atom. The minimum Gasteiger partial charge on any atom is -0.310 e. The number of halogens is 3. The van der Waals surface area contributed by atoms with E-state index in [4.69, 9.17) is 0 Å². The third-order valence-corrected chi connectivity index (χ3v) is 2.58. The van der Waals surface area contributed by atoms with Gasteiger partial charge in [-0.15, -0.1) is 0 Å². The molecule has 0 heterocycles. The molecule has 1 rings (SSSR count). The van der Waals surface area contributed by atoms with Crippen molar-refractivity contribution in [3.05, 3.63) is 35.4 Å². The molecule has 1 atom stereocenters. The van der Waals surface area contributed by atoms with Gasteiger partial charge >= 0.3 is 6.18 Å². The van der Waals surface area contributed by atoms with Crippen molar-refractivity contribution < 1.29 is 13.2 Å². The van der Waals surface area contributed by atoms with Crippen molar-refractivity contribution in [2.45, 2.75) is 39.0 Å². The van der Waals surface area contributed by atoms with Crippen LogP contribution in [0.4, 0.5) is 13.2 Å². The van der Waals surface area contributed by atoms with E-state index in [1.54, 1.807) is 6.07 Å². The summed E-state index contributed by atoms with van der Waals surface area (Å²) in [6.07, 6.45) is -3.37. The maximum Gasteiger partial charge on any atom is 0.416 e. The van der Waals surface area contributed by atoms with E-state index in [-0.39, 0.29) is 12.6 Å². The van der Waals surface area contributed by atoms with E-state index >= 15 is 0 Å². The lowest BCUT2D eigenvalue weighted by Crippen LogP contribution is -2.25. The predicted octanol–water partition coefficient (Wildman–Crippen LogP) is 3.59. The number of hydrogen-bond acceptors (Lipinski definition) is 1. The number of alkyl halides is 3. The van der Waals surface area contributed by atoms with E-state index in [0.29, 0.717) is 5.56 Å². The van der Waals surface area contributed by atoms with E-state index in [0.717, 1.165) is 12.5 Å². The molecule has 0 aliphatic carbocycles. The molecule has 0 bridgehead atoms. The van der Waals surface area contributed by atoms with Gasteiger partial charge in [0, 0.05) is 12.6 Å². The van der Waals surface area contributed by atoms with Crippen LogP contribution in [0.15, 0.2) is 24.3 Å². The molecular weight excluding hydrogens is 215 g/mol. The molecule has 1 aromatic rings. The lowest BCUT2D eigenvalue weighted by atomic mass is 10.1. The van der Waals surface area contributed by atoms with E-state index in [2.05, 4.69) is 5.32 Å². The van der Waals surface area contributed by atoms with Crippen molar-refractivity contribution in [2.24, 2.45) is 0 Å². The molecule has 1 nitrogen and oxygen atoms in total. The van der Waals surface area contributed by atoms with Crippen LogP contribution < -0.4 is 5.32 Å². The van der Waals surface area contributed by atoms with Gasteiger partial charge in [-0.1, -0.05) is 25.1 Å². The standard InChI is InChI=1S/C12H16F3N/c1-3-9(2)16-8-10-6-4-5-7-11(10)12(13,14)15/h4-7,9,16H,3,8H2,1-2H3/t9-/m1/s1. The topological polar surface area (TPSA) is 12.0 Å². The van der Waals surface area contributed by atoms with Crippen LogP contribution >= 0.6 is 0 Å². The van der Waals surface area contributed by atoms with Gasteiger partial charge in [-0.25, -0.2) is 0 Å². The molecule has 0 fully saturated rings. The van der Waals surface area contributed by atoms with Crippen molar-refractivity contribution in [2.75, 3.05) is 0 Å². The average molecular weight is 231 g/mol. The van der Waals surface area contributed by atoms with Crippen molar-refractivity contribution in [1.82, 2.24) is 5.32 Å². The van der Waals surface area contributed by atoms with Crippen molar-refractivity contribution in [3.8, 4) is 0 Å². The van der Waals surface area contributed by atoms with Gasteiger partial charge in [-0.2, -0.15) is 13.2 Å². The minimum atomic E-state index is -4.27. The van der Waals surface area contributed by atoms with Gasteiger partial charge in [0.1, 0.15) is 0 Å². The number of benzene rings is 1. The molecule has 90 valence electrons. The zero-order chi connectivity index (χ0) is 12.2. The summed E-state index contributed by atoms with van der Waals surface area (Å²) in [5, 5.41) is 3.06. The summed E-state index contributed by atoms with van der Waals surface area (Å²) in [7, 11) is 0. The highest BCUT2D eigenvalue weighted by atomic mass is 19.4. The average Bonchev–Trinajstić information content (AvgIpc) is 2.25. The Kier molecular flexibility index (Phi) is 4.35. The summed E-state index contributed by atoms with van der Waals surface area (Å²) in [5.41, 5.74) is -0.249. The summed E-state index contributed by atoms with van der Waals surface area (Å²) < 4.78 is 37.9. The summed E-state index contributed by atoms with van der Waals surface area (Å²) in [5.74, 6) is 0. The molecular formula is C12H16F3N. The van der Waals surface area contributed by atoms with E-state index in [9.17, 15) is 13.2 Å². The van der Waals surface area contributed by atoms with Crippen LogP contribution in [0.3, 0.4) is 0 Å². The molecule has 0 aliphatic rings. The first-order chi connectivity index (χ1) is 7.45. The molecule has 0 amide bonds. The third kappa shape index (κ3) is 3.52. The summed E-state index contributed by atoms with van der Waals surface area (Å²) in [4.78, 5) is 0. The zero-order valence-corrected chi connectivity index (χ0v) is 9.43. The largest absolute Gasteiger partial charge is 0.416 e.